The Morgan fingerprint density at radius 1 is 1.00 bits per heavy atom. The molecule has 6 nitrogen and oxygen atoms in total. The second-order valence-corrected chi connectivity index (χ2v) is 11.1. The minimum atomic E-state index is -0.711. The molecule has 0 radical (unpaired) electrons. The lowest BCUT2D eigenvalue weighted by atomic mass is 9.89. The van der Waals surface area contributed by atoms with Crippen LogP contribution in [0.5, 0.6) is 5.75 Å². The smallest absolute Gasteiger partial charge is 0.237 e. The summed E-state index contributed by atoms with van der Waals surface area (Å²) in [6.07, 6.45) is 1.91. The lowest BCUT2D eigenvalue weighted by Gasteiger charge is -2.30. The molecular formula is C35H35N3O3. The van der Waals surface area contributed by atoms with Gasteiger partial charge in [-0.05, 0) is 96.8 Å². The third kappa shape index (κ3) is 5.56. The number of phenols is 1. The Labute approximate surface area is 240 Å². The maximum Gasteiger partial charge on any atom is 0.237 e. The summed E-state index contributed by atoms with van der Waals surface area (Å²) in [6.45, 7) is 4.59. The summed E-state index contributed by atoms with van der Waals surface area (Å²) in [4.78, 5) is 13.4. The number of fused-ring (bicyclic) bond motifs is 2. The predicted octanol–water partition coefficient (Wildman–Crippen LogP) is 6.56. The Kier molecular flexibility index (Phi) is 7.25. The first kappa shape index (κ1) is 26.7. The van der Waals surface area contributed by atoms with Crippen molar-refractivity contribution in [3.63, 3.8) is 0 Å². The number of nitrogens with two attached hydrogens (primary N) is 1. The molecule has 2 atom stereocenters. The van der Waals surface area contributed by atoms with Crippen LogP contribution in [0.1, 0.15) is 45.8 Å². The molecule has 0 aliphatic carbocycles. The first-order valence-electron chi connectivity index (χ1n) is 14.1. The van der Waals surface area contributed by atoms with Gasteiger partial charge >= 0.3 is 0 Å². The first-order valence-corrected chi connectivity index (χ1v) is 14.1. The molecule has 0 unspecified atom stereocenters. The summed E-state index contributed by atoms with van der Waals surface area (Å²) in [7, 11) is 0. The van der Waals surface area contributed by atoms with Crippen LogP contribution in [0.4, 0.5) is 5.69 Å². The van der Waals surface area contributed by atoms with Crippen molar-refractivity contribution in [2.75, 3.05) is 11.9 Å². The van der Waals surface area contributed by atoms with Gasteiger partial charge in [-0.15, -0.1) is 0 Å². The zero-order valence-electron chi connectivity index (χ0n) is 23.4. The van der Waals surface area contributed by atoms with Crippen molar-refractivity contribution < 1.29 is 14.3 Å². The van der Waals surface area contributed by atoms with E-state index in [4.69, 9.17) is 10.2 Å². The topological polar surface area (TPSA) is 101 Å². The molecular weight excluding hydrogens is 510 g/mol. The van der Waals surface area contributed by atoms with Crippen molar-refractivity contribution in [2.24, 2.45) is 5.73 Å². The summed E-state index contributed by atoms with van der Waals surface area (Å²) >= 11 is 0. The van der Waals surface area contributed by atoms with Gasteiger partial charge in [0.15, 0.2) is 0 Å². The van der Waals surface area contributed by atoms with E-state index in [1.165, 1.54) is 5.56 Å². The second kappa shape index (κ2) is 11.1. The Bertz CT molecular complexity index is 1670. The maximum absolute atomic E-state index is 13.4. The van der Waals surface area contributed by atoms with E-state index in [0.29, 0.717) is 13.0 Å². The summed E-state index contributed by atoms with van der Waals surface area (Å²) in [5.74, 6) is 0.833. The number of para-hydroxylation sites is 1. The highest BCUT2D eigenvalue weighted by molar-refractivity contribution is 5.88. The number of hydrogen-bond donors (Lipinski definition) is 4. The summed E-state index contributed by atoms with van der Waals surface area (Å²) in [5.41, 5.74) is 15.5. The van der Waals surface area contributed by atoms with E-state index in [-0.39, 0.29) is 17.7 Å². The molecule has 1 amide bonds. The molecule has 1 aliphatic heterocycles. The lowest BCUT2D eigenvalue weighted by Crippen LogP contribution is -2.44. The first-order chi connectivity index (χ1) is 19.9. The van der Waals surface area contributed by atoms with Crippen LogP contribution < -0.4 is 16.4 Å². The summed E-state index contributed by atoms with van der Waals surface area (Å²) < 4.78 is 6.31. The third-order valence-electron chi connectivity index (χ3n) is 8.04. The fraction of sp³-hybridized carbons (Fsp3) is 0.229. The number of amides is 1. The van der Waals surface area contributed by atoms with Gasteiger partial charge in [0, 0.05) is 17.5 Å². The molecule has 5 N–H and O–H groups in total. The molecule has 1 aromatic heterocycles. The molecule has 208 valence electrons. The molecule has 0 bridgehead atoms. The standard InChI is InChI=1S/C35H35N3O3/c1-21-14-26(39)15-22(2)27(21)20-30(36)35(40)38-31-12-13-37-34-28(31)17-24(16-23-8-4-3-5-9-23)18-29(34)33-19-25-10-6-7-11-32(25)41-33/h3-11,14-15,17-19,30-31,37,39H,12-13,16,20,36H2,1-2H3,(H,38,40)/t30-,31+/m0/s1. The largest absolute Gasteiger partial charge is 0.508 e. The number of nitrogens with one attached hydrogen (secondary N) is 2. The van der Waals surface area contributed by atoms with Crippen LogP contribution in [0.3, 0.4) is 0 Å². The van der Waals surface area contributed by atoms with Crippen molar-refractivity contribution in [1.29, 1.82) is 0 Å². The number of hydrogen-bond acceptors (Lipinski definition) is 5. The number of aromatic hydroxyl groups is 1. The lowest BCUT2D eigenvalue weighted by molar-refractivity contribution is -0.123. The van der Waals surface area contributed by atoms with E-state index in [0.717, 1.165) is 68.6 Å². The highest BCUT2D eigenvalue weighted by atomic mass is 16.3. The van der Waals surface area contributed by atoms with E-state index >= 15 is 0 Å². The van der Waals surface area contributed by atoms with Gasteiger partial charge in [0.2, 0.25) is 5.91 Å². The van der Waals surface area contributed by atoms with Crippen LogP contribution in [0.25, 0.3) is 22.3 Å². The van der Waals surface area contributed by atoms with E-state index in [1.807, 2.05) is 38.1 Å². The molecule has 41 heavy (non-hydrogen) atoms. The molecule has 0 fully saturated rings. The Morgan fingerprint density at radius 3 is 2.49 bits per heavy atom. The highest BCUT2D eigenvalue weighted by Gasteiger charge is 2.28. The third-order valence-corrected chi connectivity index (χ3v) is 8.04. The van der Waals surface area contributed by atoms with Crippen molar-refractivity contribution in [3.05, 3.63) is 118 Å². The fourth-order valence-corrected chi connectivity index (χ4v) is 5.97. The van der Waals surface area contributed by atoms with Gasteiger partial charge in [0.25, 0.3) is 0 Å². The van der Waals surface area contributed by atoms with Crippen LogP contribution >= 0.6 is 0 Å². The van der Waals surface area contributed by atoms with Crippen molar-refractivity contribution in [3.8, 4) is 17.1 Å². The fourth-order valence-electron chi connectivity index (χ4n) is 5.97. The number of carbonyl (C=O) groups is 1. The van der Waals surface area contributed by atoms with Gasteiger partial charge in [0.1, 0.15) is 17.1 Å². The normalized spacial score (nSPS) is 15.2. The van der Waals surface area contributed by atoms with Crippen molar-refractivity contribution >= 4 is 22.6 Å². The molecule has 1 aliphatic rings. The number of anilines is 1. The number of rotatable bonds is 7. The van der Waals surface area contributed by atoms with E-state index in [2.05, 4.69) is 59.2 Å². The summed E-state index contributed by atoms with van der Waals surface area (Å²) in [5, 5.41) is 17.8. The van der Waals surface area contributed by atoms with Gasteiger partial charge in [0.05, 0.1) is 17.8 Å². The van der Waals surface area contributed by atoms with E-state index in [1.54, 1.807) is 12.1 Å². The SMILES string of the molecule is Cc1cc(O)cc(C)c1C[C@H](N)C(=O)N[C@@H]1CCNc2c(-c3cc4ccccc4o3)cc(Cc3ccccc3)cc21. The van der Waals surface area contributed by atoms with Gasteiger partial charge in [-0.3, -0.25) is 4.79 Å². The van der Waals surface area contributed by atoms with Gasteiger partial charge in [-0.2, -0.15) is 0 Å². The minimum Gasteiger partial charge on any atom is -0.508 e. The highest BCUT2D eigenvalue weighted by Crippen LogP contribution is 2.41. The monoisotopic (exact) mass is 545 g/mol. The quantitative estimate of drug-likeness (QED) is 0.186. The molecule has 0 spiro atoms. The maximum atomic E-state index is 13.4. The number of benzene rings is 4. The number of furan rings is 1. The molecule has 6 heteroatoms. The molecule has 2 heterocycles. The summed E-state index contributed by atoms with van der Waals surface area (Å²) in [6, 6.07) is 27.4. The van der Waals surface area contributed by atoms with E-state index in [9.17, 15) is 9.90 Å². The Balaban J connectivity index is 1.34. The second-order valence-electron chi connectivity index (χ2n) is 11.1. The van der Waals surface area contributed by atoms with Crippen LogP contribution in [-0.4, -0.2) is 23.6 Å². The van der Waals surface area contributed by atoms with Crippen LogP contribution in [0.2, 0.25) is 0 Å². The van der Waals surface area contributed by atoms with Crippen molar-refractivity contribution in [1.82, 2.24) is 5.32 Å². The van der Waals surface area contributed by atoms with Crippen LogP contribution in [0, 0.1) is 13.8 Å². The van der Waals surface area contributed by atoms with Gasteiger partial charge in [-0.25, -0.2) is 0 Å². The van der Waals surface area contributed by atoms with Crippen LogP contribution in [-0.2, 0) is 17.6 Å². The minimum absolute atomic E-state index is 0.187. The molecule has 4 aromatic carbocycles. The van der Waals surface area contributed by atoms with Crippen LogP contribution in [0.15, 0.2) is 89.3 Å². The zero-order valence-corrected chi connectivity index (χ0v) is 23.4. The molecule has 0 saturated heterocycles. The molecule has 0 saturated carbocycles. The number of carbonyl (C=O) groups excluding carboxylic acids is 1. The molecule has 6 rings (SSSR count). The average Bonchev–Trinajstić information content (AvgIpc) is 3.39. The number of aryl methyl sites for hydroxylation is 2. The van der Waals surface area contributed by atoms with Crippen molar-refractivity contribution in [2.45, 2.75) is 45.2 Å². The van der Waals surface area contributed by atoms with E-state index < -0.39 is 6.04 Å². The van der Waals surface area contributed by atoms with Gasteiger partial charge < -0.3 is 25.9 Å². The zero-order chi connectivity index (χ0) is 28.5. The average molecular weight is 546 g/mol. The Hall–Kier alpha value is -4.55. The Morgan fingerprint density at radius 2 is 1.73 bits per heavy atom. The predicted molar refractivity (Wildman–Crippen MR) is 164 cm³/mol. The van der Waals surface area contributed by atoms with Gasteiger partial charge in [-0.1, -0.05) is 54.6 Å². The molecule has 5 aromatic rings. The number of phenolic OH excluding ortho intramolecular Hbond substituents is 1.